The average molecular weight is 341 g/mol. The van der Waals surface area contributed by atoms with Gasteiger partial charge in [0.05, 0.1) is 10.6 Å². The van der Waals surface area contributed by atoms with Crippen molar-refractivity contribution < 1.29 is 0 Å². The lowest BCUT2D eigenvalue weighted by molar-refractivity contribution is 0.748. The highest BCUT2D eigenvalue weighted by Gasteiger charge is 2.16. The van der Waals surface area contributed by atoms with Gasteiger partial charge in [-0.3, -0.25) is 0 Å². The minimum absolute atomic E-state index is 0.775. The van der Waals surface area contributed by atoms with Gasteiger partial charge in [0.25, 0.3) is 0 Å². The zero-order valence-electron chi connectivity index (χ0n) is 14.8. The number of rotatable bonds is 8. The second-order valence-electron chi connectivity index (χ2n) is 6.58. The van der Waals surface area contributed by atoms with Crippen molar-refractivity contribution in [2.75, 3.05) is 6.54 Å². The van der Waals surface area contributed by atoms with E-state index in [0.29, 0.717) is 0 Å². The molecule has 1 aromatic carbocycles. The van der Waals surface area contributed by atoms with E-state index >= 15 is 0 Å². The third-order valence-electron chi connectivity index (χ3n) is 4.69. The summed E-state index contributed by atoms with van der Waals surface area (Å²) in [6.45, 7) is 5.21. The smallest absolute Gasteiger partial charge is 0.0598 e. The van der Waals surface area contributed by atoms with Gasteiger partial charge >= 0.3 is 0 Å². The molecule has 0 spiro atoms. The number of para-hydroxylation sites is 1. The molecule has 3 rings (SSSR count). The van der Waals surface area contributed by atoms with Gasteiger partial charge in [-0.05, 0) is 68.8 Å². The molecule has 2 heterocycles. The Morgan fingerprint density at radius 2 is 1.92 bits per heavy atom. The number of nitrogens with two attached hydrogens (primary N) is 1. The van der Waals surface area contributed by atoms with E-state index in [1.165, 1.54) is 50.3 Å². The number of benzene rings is 1. The number of aromatic amines is 1. The normalized spacial score (nSPS) is 11.5. The zero-order valence-corrected chi connectivity index (χ0v) is 15.6. The van der Waals surface area contributed by atoms with Crippen LogP contribution in [0.15, 0.2) is 30.3 Å². The van der Waals surface area contributed by atoms with E-state index in [2.05, 4.69) is 49.2 Å². The van der Waals surface area contributed by atoms with E-state index in [1.54, 1.807) is 0 Å². The van der Waals surface area contributed by atoms with Crippen LogP contribution in [0.1, 0.15) is 48.6 Å². The summed E-state index contributed by atoms with van der Waals surface area (Å²) in [5.41, 5.74) is 11.3. The maximum Gasteiger partial charge on any atom is 0.0598 e. The van der Waals surface area contributed by atoms with Crippen molar-refractivity contribution in [3.63, 3.8) is 0 Å². The lowest BCUT2D eigenvalue weighted by atomic mass is 10.0. The SMILES string of the molecule is CCCCc1cccc2c(CCCCN)c(-c3ccc(C)s3)[nH]c12. The van der Waals surface area contributed by atoms with Gasteiger partial charge in [0, 0.05) is 15.8 Å². The first-order valence-corrected chi connectivity index (χ1v) is 9.95. The molecule has 128 valence electrons. The van der Waals surface area contributed by atoms with E-state index in [0.717, 1.165) is 32.2 Å². The number of nitrogens with one attached hydrogen (secondary N) is 1. The first kappa shape index (κ1) is 17.2. The fourth-order valence-electron chi connectivity index (χ4n) is 3.39. The van der Waals surface area contributed by atoms with E-state index < -0.39 is 0 Å². The fraction of sp³-hybridized carbons (Fsp3) is 0.429. The molecule has 0 amide bonds. The molecule has 0 saturated heterocycles. The van der Waals surface area contributed by atoms with Crippen LogP contribution in [0.25, 0.3) is 21.5 Å². The Morgan fingerprint density at radius 3 is 2.62 bits per heavy atom. The van der Waals surface area contributed by atoms with Crippen LogP contribution >= 0.6 is 11.3 Å². The van der Waals surface area contributed by atoms with Gasteiger partial charge in [-0.25, -0.2) is 0 Å². The molecule has 0 atom stereocenters. The number of hydrogen-bond acceptors (Lipinski definition) is 2. The molecule has 0 aliphatic heterocycles. The number of aryl methyl sites for hydroxylation is 3. The van der Waals surface area contributed by atoms with Crippen molar-refractivity contribution in [2.24, 2.45) is 5.73 Å². The van der Waals surface area contributed by atoms with Crippen molar-refractivity contribution in [3.05, 3.63) is 46.3 Å². The minimum Gasteiger partial charge on any atom is -0.353 e. The Bertz CT molecular complexity index is 797. The van der Waals surface area contributed by atoms with Crippen LogP contribution in [0.4, 0.5) is 0 Å². The zero-order chi connectivity index (χ0) is 16.9. The van der Waals surface area contributed by atoms with Crippen molar-refractivity contribution in [1.82, 2.24) is 4.98 Å². The Morgan fingerprint density at radius 1 is 1.04 bits per heavy atom. The standard InChI is InChI=1S/C21H28N2S/c1-3-4-8-16-9-7-11-17-18(10-5-6-14-22)21(23-20(16)17)19-13-12-15(2)24-19/h7,9,11-13,23H,3-6,8,10,14,22H2,1-2H3. The van der Waals surface area contributed by atoms with Crippen molar-refractivity contribution in [3.8, 4) is 10.6 Å². The molecule has 0 aliphatic rings. The second-order valence-corrected chi connectivity index (χ2v) is 7.87. The van der Waals surface area contributed by atoms with E-state index in [9.17, 15) is 0 Å². The van der Waals surface area contributed by atoms with Crippen LogP contribution in [-0.2, 0) is 12.8 Å². The highest BCUT2D eigenvalue weighted by Crippen LogP contribution is 2.36. The Hall–Kier alpha value is -1.58. The summed E-state index contributed by atoms with van der Waals surface area (Å²) in [5.74, 6) is 0. The molecule has 2 nitrogen and oxygen atoms in total. The van der Waals surface area contributed by atoms with Crippen molar-refractivity contribution in [2.45, 2.75) is 52.4 Å². The summed E-state index contributed by atoms with van der Waals surface area (Å²) in [4.78, 5) is 6.50. The van der Waals surface area contributed by atoms with Gasteiger partial charge in [0.1, 0.15) is 0 Å². The lowest BCUT2D eigenvalue weighted by Crippen LogP contribution is -1.99. The van der Waals surface area contributed by atoms with Crippen LogP contribution in [-0.4, -0.2) is 11.5 Å². The molecule has 3 N–H and O–H groups in total. The Kier molecular flexibility index (Phi) is 5.75. The van der Waals surface area contributed by atoms with Gasteiger partial charge in [-0.15, -0.1) is 11.3 Å². The highest BCUT2D eigenvalue weighted by atomic mass is 32.1. The molecular weight excluding hydrogens is 312 g/mol. The van der Waals surface area contributed by atoms with Crippen molar-refractivity contribution >= 4 is 22.2 Å². The number of fused-ring (bicyclic) bond motifs is 1. The van der Waals surface area contributed by atoms with Crippen LogP contribution in [0, 0.1) is 6.92 Å². The Balaban J connectivity index is 2.08. The summed E-state index contributed by atoms with van der Waals surface area (Å²) in [6, 6.07) is 11.2. The maximum atomic E-state index is 5.71. The summed E-state index contributed by atoms with van der Waals surface area (Å²) in [7, 11) is 0. The summed E-state index contributed by atoms with van der Waals surface area (Å²) < 4.78 is 0. The van der Waals surface area contributed by atoms with Crippen LogP contribution in [0.5, 0.6) is 0 Å². The van der Waals surface area contributed by atoms with Gasteiger partial charge < -0.3 is 10.7 Å². The van der Waals surface area contributed by atoms with Crippen LogP contribution in [0.3, 0.4) is 0 Å². The lowest BCUT2D eigenvalue weighted by Gasteiger charge is -2.04. The minimum atomic E-state index is 0.775. The molecule has 3 aromatic rings. The number of aromatic nitrogens is 1. The number of unbranched alkanes of at least 4 members (excludes halogenated alkanes) is 2. The topological polar surface area (TPSA) is 41.8 Å². The van der Waals surface area contributed by atoms with E-state index in [1.807, 2.05) is 11.3 Å². The molecule has 0 aliphatic carbocycles. The Labute approximate surface area is 149 Å². The fourth-order valence-corrected chi connectivity index (χ4v) is 4.29. The van der Waals surface area contributed by atoms with Crippen molar-refractivity contribution in [1.29, 1.82) is 0 Å². The first-order valence-electron chi connectivity index (χ1n) is 9.14. The molecule has 0 radical (unpaired) electrons. The predicted molar refractivity (Wildman–Crippen MR) is 107 cm³/mol. The van der Waals surface area contributed by atoms with Gasteiger partial charge in [-0.1, -0.05) is 31.5 Å². The van der Waals surface area contributed by atoms with E-state index in [4.69, 9.17) is 5.73 Å². The monoisotopic (exact) mass is 340 g/mol. The maximum absolute atomic E-state index is 5.71. The largest absolute Gasteiger partial charge is 0.353 e. The molecule has 0 unspecified atom stereocenters. The molecular formula is C21H28N2S. The van der Waals surface area contributed by atoms with Gasteiger partial charge in [0.2, 0.25) is 0 Å². The van der Waals surface area contributed by atoms with E-state index in [-0.39, 0.29) is 0 Å². The number of thiophene rings is 1. The van der Waals surface area contributed by atoms with Crippen LogP contribution in [0.2, 0.25) is 0 Å². The molecule has 24 heavy (non-hydrogen) atoms. The quantitative estimate of drug-likeness (QED) is 0.498. The number of hydrogen-bond donors (Lipinski definition) is 2. The molecule has 0 bridgehead atoms. The summed E-state index contributed by atoms with van der Waals surface area (Å²) >= 11 is 1.88. The molecule has 3 heteroatoms. The van der Waals surface area contributed by atoms with Gasteiger partial charge in [0.15, 0.2) is 0 Å². The van der Waals surface area contributed by atoms with Gasteiger partial charge in [-0.2, -0.15) is 0 Å². The summed E-state index contributed by atoms with van der Waals surface area (Å²) in [6.07, 6.45) is 6.97. The summed E-state index contributed by atoms with van der Waals surface area (Å²) in [5, 5.41) is 1.40. The second kappa shape index (κ2) is 8.00. The predicted octanol–water partition coefficient (Wildman–Crippen LogP) is 5.83. The molecule has 0 fully saturated rings. The average Bonchev–Trinajstić information content (AvgIpc) is 3.17. The third kappa shape index (κ3) is 3.57. The molecule has 2 aromatic heterocycles. The highest BCUT2D eigenvalue weighted by molar-refractivity contribution is 7.15. The van der Waals surface area contributed by atoms with Crippen LogP contribution < -0.4 is 5.73 Å². The third-order valence-corrected chi connectivity index (χ3v) is 5.71. The molecule has 0 saturated carbocycles. The number of H-pyrrole nitrogens is 1. The first-order chi connectivity index (χ1) is 11.7.